The van der Waals surface area contributed by atoms with E-state index < -0.39 is 23.2 Å². The van der Waals surface area contributed by atoms with Crippen molar-refractivity contribution in [2.24, 2.45) is 17.3 Å². The first-order valence-corrected chi connectivity index (χ1v) is 6.91. The Bertz CT molecular complexity index is 559. The summed E-state index contributed by atoms with van der Waals surface area (Å²) >= 11 is 9.12. The zero-order valence-corrected chi connectivity index (χ0v) is 12.7. The number of rotatable bonds is 3. The Morgan fingerprint density at radius 2 is 2.00 bits per heavy atom. The van der Waals surface area contributed by atoms with Crippen LogP contribution in [0.4, 0.5) is 5.69 Å². The van der Waals surface area contributed by atoms with Crippen molar-refractivity contribution in [2.75, 3.05) is 5.32 Å². The van der Waals surface area contributed by atoms with E-state index in [4.69, 9.17) is 16.7 Å². The molecule has 1 aliphatic rings. The number of carbonyl (C=O) groups excluding carboxylic acids is 1. The van der Waals surface area contributed by atoms with Gasteiger partial charge in [-0.05, 0) is 39.5 Å². The normalized spacial score (nSPS) is 23.8. The number of aliphatic carboxylic acids is 1. The van der Waals surface area contributed by atoms with Crippen LogP contribution >= 0.6 is 27.5 Å². The Labute approximate surface area is 124 Å². The lowest BCUT2D eigenvalue weighted by atomic mass is 10.1. The minimum Gasteiger partial charge on any atom is -0.481 e. The van der Waals surface area contributed by atoms with Crippen molar-refractivity contribution >= 4 is 45.1 Å². The number of hydrogen-bond donors (Lipinski definition) is 2. The maximum atomic E-state index is 12.1. The van der Waals surface area contributed by atoms with Gasteiger partial charge in [0.1, 0.15) is 0 Å². The Balaban J connectivity index is 2.13. The van der Waals surface area contributed by atoms with Crippen LogP contribution in [0.5, 0.6) is 0 Å². The Hall–Kier alpha value is -1.07. The lowest BCUT2D eigenvalue weighted by molar-refractivity contribution is -0.140. The van der Waals surface area contributed by atoms with Gasteiger partial charge in [-0.2, -0.15) is 0 Å². The highest BCUT2D eigenvalue weighted by atomic mass is 79.9. The van der Waals surface area contributed by atoms with E-state index >= 15 is 0 Å². The average Bonchev–Trinajstić information content (AvgIpc) is 2.86. The zero-order valence-electron chi connectivity index (χ0n) is 10.4. The molecule has 1 aromatic carbocycles. The Morgan fingerprint density at radius 1 is 1.37 bits per heavy atom. The van der Waals surface area contributed by atoms with Crippen LogP contribution in [0.1, 0.15) is 13.8 Å². The number of carboxylic acid groups (broad SMARTS) is 1. The van der Waals surface area contributed by atoms with Crippen molar-refractivity contribution in [1.29, 1.82) is 0 Å². The first-order valence-electron chi connectivity index (χ1n) is 5.74. The highest BCUT2D eigenvalue weighted by molar-refractivity contribution is 9.10. The third-order valence-electron chi connectivity index (χ3n) is 3.56. The maximum Gasteiger partial charge on any atom is 0.307 e. The number of hydrogen-bond acceptors (Lipinski definition) is 2. The summed E-state index contributed by atoms with van der Waals surface area (Å²) in [5.41, 5.74) is 0.0793. The monoisotopic (exact) mass is 345 g/mol. The summed E-state index contributed by atoms with van der Waals surface area (Å²) in [6.45, 7) is 3.57. The van der Waals surface area contributed by atoms with Crippen molar-refractivity contribution in [1.82, 2.24) is 0 Å². The second-order valence-corrected chi connectivity index (χ2v) is 6.52. The predicted octanol–water partition coefficient (Wildman–Crippen LogP) is 3.40. The Kier molecular flexibility index (Phi) is 3.62. The van der Waals surface area contributed by atoms with Crippen molar-refractivity contribution in [3.05, 3.63) is 27.7 Å². The van der Waals surface area contributed by atoms with Crippen LogP contribution in [0, 0.1) is 17.3 Å². The van der Waals surface area contributed by atoms with Gasteiger partial charge in [0.2, 0.25) is 5.91 Å². The maximum absolute atomic E-state index is 12.1. The molecule has 2 atom stereocenters. The number of nitrogens with one attached hydrogen (secondary N) is 1. The number of benzene rings is 1. The van der Waals surface area contributed by atoms with Gasteiger partial charge in [0.25, 0.3) is 0 Å². The summed E-state index contributed by atoms with van der Waals surface area (Å²) in [7, 11) is 0. The molecule has 0 heterocycles. The molecule has 2 rings (SSSR count). The number of carboxylic acids is 1. The largest absolute Gasteiger partial charge is 0.481 e. The van der Waals surface area contributed by atoms with E-state index in [9.17, 15) is 9.59 Å². The summed E-state index contributed by atoms with van der Waals surface area (Å²) in [5.74, 6) is -2.34. The molecule has 0 aliphatic heterocycles. The fourth-order valence-corrected chi connectivity index (χ4v) is 3.17. The molecule has 0 radical (unpaired) electrons. The third kappa shape index (κ3) is 2.62. The first kappa shape index (κ1) is 14.3. The van der Waals surface area contributed by atoms with Gasteiger partial charge in [-0.3, -0.25) is 9.59 Å². The number of amides is 1. The highest BCUT2D eigenvalue weighted by Crippen LogP contribution is 2.58. The lowest BCUT2D eigenvalue weighted by Gasteiger charge is -2.08. The molecule has 1 fully saturated rings. The molecule has 0 spiro atoms. The number of carbonyl (C=O) groups is 2. The smallest absolute Gasteiger partial charge is 0.307 e. The van der Waals surface area contributed by atoms with Gasteiger partial charge in [-0.1, -0.05) is 25.4 Å². The fraction of sp³-hybridized carbons (Fsp3) is 0.385. The van der Waals surface area contributed by atoms with E-state index in [-0.39, 0.29) is 5.91 Å². The molecule has 102 valence electrons. The molecule has 0 bridgehead atoms. The van der Waals surface area contributed by atoms with Crippen LogP contribution in [-0.2, 0) is 9.59 Å². The highest BCUT2D eigenvalue weighted by Gasteiger charge is 2.65. The van der Waals surface area contributed by atoms with Gasteiger partial charge in [0, 0.05) is 9.50 Å². The number of halogens is 2. The minimum absolute atomic E-state index is 0.277. The number of anilines is 1. The van der Waals surface area contributed by atoms with Crippen LogP contribution in [0.25, 0.3) is 0 Å². The third-order valence-corrected chi connectivity index (χ3v) is 4.46. The fourth-order valence-electron chi connectivity index (χ4n) is 2.39. The molecule has 19 heavy (non-hydrogen) atoms. The van der Waals surface area contributed by atoms with Gasteiger partial charge < -0.3 is 10.4 Å². The molecule has 1 aromatic rings. The molecule has 4 nitrogen and oxygen atoms in total. The van der Waals surface area contributed by atoms with E-state index in [0.717, 1.165) is 0 Å². The quantitative estimate of drug-likeness (QED) is 0.881. The van der Waals surface area contributed by atoms with Gasteiger partial charge in [-0.15, -0.1) is 0 Å². The SMILES string of the molecule is CC1(C)[C@H](C(=O)O)[C@@H]1C(=O)Nc1ccc(Cl)cc1Br. The average molecular weight is 347 g/mol. The second-order valence-electron chi connectivity index (χ2n) is 5.23. The van der Waals surface area contributed by atoms with Crippen molar-refractivity contribution in [3.63, 3.8) is 0 Å². The molecular weight excluding hydrogens is 334 g/mol. The zero-order chi connectivity index (χ0) is 14.4. The van der Waals surface area contributed by atoms with Gasteiger partial charge >= 0.3 is 5.97 Å². The predicted molar refractivity (Wildman–Crippen MR) is 76.2 cm³/mol. The lowest BCUT2D eigenvalue weighted by Crippen LogP contribution is -2.18. The van der Waals surface area contributed by atoms with Crippen molar-refractivity contribution in [3.8, 4) is 0 Å². The minimum atomic E-state index is -0.930. The molecule has 0 aromatic heterocycles. The van der Waals surface area contributed by atoms with E-state index in [1.165, 1.54) is 0 Å². The van der Waals surface area contributed by atoms with Gasteiger partial charge in [0.15, 0.2) is 0 Å². The first-order chi connectivity index (χ1) is 8.75. The molecular formula is C13H13BrClNO3. The molecule has 2 N–H and O–H groups in total. The second kappa shape index (κ2) is 4.80. The molecule has 0 unspecified atom stereocenters. The van der Waals surface area contributed by atoms with E-state index in [1.807, 2.05) is 0 Å². The van der Waals surface area contributed by atoms with Crippen LogP contribution in [0.3, 0.4) is 0 Å². The van der Waals surface area contributed by atoms with Crippen LogP contribution in [0.2, 0.25) is 5.02 Å². The van der Waals surface area contributed by atoms with Gasteiger partial charge in [0.05, 0.1) is 17.5 Å². The van der Waals surface area contributed by atoms with Crippen LogP contribution in [0.15, 0.2) is 22.7 Å². The molecule has 0 saturated heterocycles. The molecule has 6 heteroatoms. The van der Waals surface area contributed by atoms with Crippen LogP contribution in [-0.4, -0.2) is 17.0 Å². The van der Waals surface area contributed by atoms with E-state index in [2.05, 4.69) is 21.2 Å². The van der Waals surface area contributed by atoms with Crippen molar-refractivity contribution < 1.29 is 14.7 Å². The standard InChI is InChI=1S/C13H13BrClNO3/c1-13(2)9(10(13)12(18)19)11(17)16-8-4-3-6(15)5-7(8)14/h3-5,9-10H,1-2H3,(H,16,17)(H,18,19)/t9-,10+/m1/s1. The summed E-state index contributed by atoms with van der Waals surface area (Å²) < 4.78 is 0.665. The molecule has 1 saturated carbocycles. The van der Waals surface area contributed by atoms with Crippen LogP contribution < -0.4 is 5.32 Å². The van der Waals surface area contributed by atoms with E-state index in [0.29, 0.717) is 15.2 Å². The molecule has 1 aliphatic carbocycles. The van der Waals surface area contributed by atoms with Gasteiger partial charge in [-0.25, -0.2) is 0 Å². The topological polar surface area (TPSA) is 66.4 Å². The summed E-state index contributed by atoms with van der Waals surface area (Å²) in [6.07, 6.45) is 0. The van der Waals surface area contributed by atoms with Crippen molar-refractivity contribution in [2.45, 2.75) is 13.8 Å². The van der Waals surface area contributed by atoms with E-state index in [1.54, 1.807) is 32.0 Å². The molecule has 1 amide bonds. The Morgan fingerprint density at radius 3 is 2.47 bits per heavy atom. The summed E-state index contributed by atoms with van der Waals surface area (Å²) in [5, 5.41) is 12.3. The summed E-state index contributed by atoms with van der Waals surface area (Å²) in [6, 6.07) is 5.01. The summed E-state index contributed by atoms with van der Waals surface area (Å²) in [4.78, 5) is 23.2.